The van der Waals surface area contributed by atoms with Gasteiger partial charge in [0, 0.05) is 5.33 Å². The number of carbonyl (C=O) groups excluding carboxylic acids is 1. The summed E-state index contributed by atoms with van der Waals surface area (Å²) in [6.45, 7) is 7.06. The second-order valence-corrected chi connectivity index (χ2v) is 7.66. The van der Waals surface area contributed by atoms with Crippen molar-refractivity contribution in [3.63, 3.8) is 0 Å². The summed E-state index contributed by atoms with van der Waals surface area (Å²) in [6.07, 6.45) is 4.11. The predicted octanol–water partition coefficient (Wildman–Crippen LogP) is 4.50. The highest BCUT2D eigenvalue weighted by atomic mass is 79.9. The van der Waals surface area contributed by atoms with Crippen molar-refractivity contribution in [3.05, 3.63) is 23.8 Å². The van der Waals surface area contributed by atoms with Crippen molar-refractivity contribution in [1.82, 2.24) is 0 Å². The van der Waals surface area contributed by atoms with Crippen molar-refractivity contribution in [3.8, 4) is 5.75 Å². The van der Waals surface area contributed by atoms with Crippen LogP contribution in [0, 0.1) is 5.41 Å². The molecule has 1 aliphatic heterocycles. The molecule has 0 spiro atoms. The van der Waals surface area contributed by atoms with E-state index in [1.807, 2.05) is 32.9 Å². The number of fused-ring (bicyclic) bond motifs is 1. The van der Waals surface area contributed by atoms with Gasteiger partial charge in [0.1, 0.15) is 5.75 Å². The van der Waals surface area contributed by atoms with Crippen LogP contribution >= 0.6 is 15.9 Å². The van der Waals surface area contributed by atoms with E-state index in [0.717, 1.165) is 55.6 Å². The van der Waals surface area contributed by atoms with Crippen molar-refractivity contribution in [2.45, 2.75) is 46.5 Å². The molecule has 1 heterocycles. The van der Waals surface area contributed by atoms with Gasteiger partial charge in [-0.2, -0.15) is 0 Å². The van der Waals surface area contributed by atoms with E-state index in [1.54, 1.807) is 5.06 Å². The number of nitrogens with zero attached hydrogens (tertiary/aromatic N) is 1. The molecule has 0 unspecified atom stereocenters. The number of anilines is 1. The molecule has 1 aromatic carbocycles. The van der Waals surface area contributed by atoms with Crippen LogP contribution in [0.5, 0.6) is 5.75 Å². The second-order valence-electron chi connectivity index (χ2n) is 6.87. The molecule has 0 saturated heterocycles. The standard InChI is InChI=1S/C18H26BrNO3/c1-18(2,3)17(21)23-20-11-6-7-14-13-15(8-9-16(14)20)22-12-5-4-10-19/h8-9,13H,4-7,10-12H2,1-3H3. The van der Waals surface area contributed by atoms with E-state index in [1.165, 1.54) is 5.56 Å². The summed E-state index contributed by atoms with van der Waals surface area (Å²) < 4.78 is 5.80. The van der Waals surface area contributed by atoms with Crippen LogP contribution in [0.4, 0.5) is 5.69 Å². The Bertz CT molecular complexity index is 540. The minimum absolute atomic E-state index is 0.208. The average molecular weight is 384 g/mol. The van der Waals surface area contributed by atoms with Gasteiger partial charge in [-0.1, -0.05) is 15.9 Å². The Labute approximate surface area is 147 Å². The predicted molar refractivity (Wildman–Crippen MR) is 96.2 cm³/mol. The van der Waals surface area contributed by atoms with Crippen LogP contribution in [0.2, 0.25) is 0 Å². The molecule has 2 rings (SSSR count). The van der Waals surface area contributed by atoms with Crippen LogP contribution in [0.15, 0.2) is 18.2 Å². The molecular formula is C18H26BrNO3. The molecule has 0 aliphatic carbocycles. The molecule has 0 aromatic heterocycles. The number of ether oxygens (including phenoxy) is 1. The third kappa shape index (κ3) is 5.13. The molecule has 23 heavy (non-hydrogen) atoms. The SMILES string of the molecule is CC(C)(C)C(=O)ON1CCCc2cc(OCCCCBr)ccc21. The number of hydroxylamine groups is 1. The Hall–Kier alpha value is -1.23. The molecule has 0 radical (unpaired) electrons. The minimum atomic E-state index is -0.504. The number of halogens is 1. The maximum Gasteiger partial charge on any atom is 0.337 e. The Morgan fingerprint density at radius 2 is 2.09 bits per heavy atom. The molecule has 0 amide bonds. The molecule has 0 bridgehead atoms. The van der Waals surface area contributed by atoms with Crippen molar-refractivity contribution in [2.75, 3.05) is 23.5 Å². The molecule has 1 aliphatic rings. The zero-order valence-electron chi connectivity index (χ0n) is 14.2. The lowest BCUT2D eigenvalue weighted by atomic mass is 9.97. The lowest BCUT2D eigenvalue weighted by Crippen LogP contribution is -2.36. The molecule has 0 saturated carbocycles. The lowest BCUT2D eigenvalue weighted by molar-refractivity contribution is -0.154. The van der Waals surface area contributed by atoms with Gasteiger partial charge in [-0.15, -0.1) is 0 Å². The van der Waals surface area contributed by atoms with Gasteiger partial charge in [0.05, 0.1) is 24.3 Å². The van der Waals surface area contributed by atoms with E-state index in [4.69, 9.17) is 9.57 Å². The molecule has 4 nitrogen and oxygen atoms in total. The number of alkyl halides is 1. The van der Waals surface area contributed by atoms with Crippen LogP contribution in [-0.4, -0.2) is 24.5 Å². The summed E-state index contributed by atoms with van der Waals surface area (Å²) in [5.41, 5.74) is 1.65. The Kier molecular flexibility index (Phi) is 6.33. The van der Waals surface area contributed by atoms with Gasteiger partial charge < -0.3 is 9.57 Å². The van der Waals surface area contributed by atoms with E-state index >= 15 is 0 Å². The molecule has 1 aromatic rings. The number of unbranched alkanes of at least 4 members (excludes halogenated alkanes) is 1. The minimum Gasteiger partial charge on any atom is -0.494 e. The highest BCUT2D eigenvalue weighted by Crippen LogP contribution is 2.32. The summed E-state index contributed by atoms with van der Waals surface area (Å²) >= 11 is 3.42. The highest BCUT2D eigenvalue weighted by molar-refractivity contribution is 9.09. The van der Waals surface area contributed by atoms with Gasteiger partial charge in [-0.05, 0) is 70.2 Å². The summed E-state index contributed by atoms with van der Waals surface area (Å²) in [5, 5.41) is 2.73. The smallest absolute Gasteiger partial charge is 0.337 e. The summed E-state index contributed by atoms with van der Waals surface area (Å²) in [4.78, 5) is 17.7. The average Bonchev–Trinajstić information content (AvgIpc) is 2.50. The van der Waals surface area contributed by atoms with Gasteiger partial charge in [0.15, 0.2) is 0 Å². The normalized spacial score (nSPS) is 14.3. The van der Waals surface area contributed by atoms with Gasteiger partial charge in [-0.3, -0.25) is 0 Å². The summed E-state index contributed by atoms with van der Waals surface area (Å²) in [5.74, 6) is 0.683. The Morgan fingerprint density at radius 1 is 1.30 bits per heavy atom. The Balaban J connectivity index is 2.03. The van der Waals surface area contributed by atoms with Crippen molar-refractivity contribution in [1.29, 1.82) is 0 Å². The number of hydrogen-bond donors (Lipinski definition) is 0. The van der Waals surface area contributed by atoms with Gasteiger partial charge in [0.2, 0.25) is 0 Å². The fourth-order valence-corrected chi connectivity index (χ4v) is 2.74. The fourth-order valence-electron chi connectivity index (χ4n) is 2.35. The van der Waals surface area contributed by atoms with Crippen LogP contribution in [0.1, 0.15) is 45.6 Å². The quantitative estimate of drug-likeness (QED) is 0.535. The van der Waals surface area contributed by atoms with Crippen LogP contribution in [-0.2, 0) is 16.1 Å². The first-order valence-corrected chi connectivity index (χ1v) is 9.35. The number of hydrogen-bond acceptors (Lipinski definition) is 4. The van der Waals surface area contributed by atoms with E-state index < -0.39 is 5.41 Å². The molecule has 0 N–H and O–H groups in total. The van der Waals surface area contributed by atoms with Gasteiger partial charge in [-0.25, -0.2) is 9.86 Å². The molecule has 5 heteroatoms. The number of benzene rings is 1. The summed E-state index contributed by atoms with van der Waals surface area (Å²) in [6, 6.07) is 6.01. The number of carbonyl (C=O) groups is 1. The van der Waals surface area contributed by atoms with Crippen LogP contribution < -0.4 is 9.80 Å². The van der Waals surface area contributed by atoms with Crippen molar-refractivity contribution >= 4 is 27.6 Å². The second kappa shape index (κ2) is 8.04. The van der Waals surface area contributed by atoms with Crippen LogP contribution in [0.3, 0.4) is 0 Å². The van der Waals surface area contributed by atoms with Gasteiger partial charge in [0.25, 0.3) is 0 Å². The lowest BCUT2D eigenvalue weighted by Gasteiger charge is -2.31. The fraction of sp³-hybridized carbons (Fsp3) is 0.611. The zero-order chi connectivity index (χ0) is 16.9. The van der Waals surface area contributed by atoms with E-state index in [0.29, 0.717) is 0 Å². The molecule has 128 valence electrons. The van der Waals surface area contributed by atoms with Crippen molar-refractivity contribution < 1.29 is 14.4 Å². The highest BCUT2D eigenvalue weighted by Gasteiger charge is 2.28. The monoisotopic (exact) mass is 383 g/mol. The third-order valence-electron chi connectivity index (χ3n) is 3.73. The third-order valence-corrected chi connectivity index (χ3v) is 4.29. The van der Waals surface area contributed by atoms with Crippen LogP contribution in [0.25, 0.3) is 0 Å². The van der Waals surface area contributed by atoms with Crippen molar-refractivity contribution in [2.24, 2.45) is 5.41 Å². The largest absolute Gasteiger partial charge is 0.494 e. The maximum atomic E-state index is 12.1. The van der Waals surface area contributed by atoms with E-state index in [-0.39, 0.29) is 5.97 Å². The first-order valence-electron chi connectivity index (χ1n) is 8.23. The van der Waals surface area contributed by atoms with E-state index in [9.17, 15) is 4.79 Å². The summed E-state index contributed by atoms with van der Waals surface area (Å²) in [7, 11) is 0. The first kappa shape index (κ1) is 18.1. The Morgan fingerprint density at radius 3 is 2.78 bits per heavy atom. The maximum absolute atomic E-state index is 12.1. The first-order chi connectivity index (χ1) is 10.9. The zero-order valence-corrected chi connectivity index (χ0v) is 15.8. The molecule has 0 atom stereocenters. The molecular weight excluding hydrogens is 358 g/mol. The van der Waals surface area contributed by atoms with Gasteiger partial charge >= 0.3 is 5.97 Å². The topological polar surface area (TPSA) is 38.8 Å². The van der Waals surface area contributed by atoms with E-state index in [2.05, 4.69) is 22.0 Å². The number of rotatable bonds is 6. The number of aryl methyl sites for hydroxylation is 1. The molecule has 0 fully saturated rings.